The van der Waals surface area contributed by atoms with Crippen molar-refractivity contribution in [1.82, 2.24) is 9.97 Å². The summed E-state index contributed by atoms with van der Waals surface area (Å²) in [7, 11) is 0. The van der Waals surface area contributed by atoms with E-state index in [9.17, 15) is 0 Å². The molecule has 0 saturated heterocycles. The van der Waals surface area contributed by atoms with Crippen molar-refractivity contribution in [2.24, 2.45) is 0 Å². The van der Waals surface area contributed by atoms with Crippen molar-refractivity contribution in [2.75, 3.05) is 0 Å². The Balaban J connectivity index is 1.62. The Morgan fingerprint density at radius 2 is 2.05 bits per heavy atom. The van der Waals surface area contributed by atoms with Crippen LogP contribution in [-0.4, -0.2) is 9.97 Å². The molecule has 3 aromatic rings. The molecule has 0 saturated carbocycles. The van der Waals surface area contributed by atoms with Crippen LogP contribution in [0.1, 0.15) is 28.0 Å². The standard InChI is InChI=1S/C17H13N3OS/c18-8-11-4-6-12(7-5-11)9-21-16-15-13-2-1-3-14(13)22-17(15)20-10-19-16/h4-7,10H,1-3,9H2. The first-order valence-electron chi connectivity index (χ1n) is 7.22. The molecule has 0 bridgehead atoms. The lowest BCUT2D eigenvalue weighted by atomic mass is 10.1. The van der Waals surface area contributed by atoms with Crippen LogP contribution in [0.5, 0.6) is 5.88 Å². The molecule has 5 heteroatoms. The highest BCUT2D eigenvalue weighted by atomic mass is 32.1. The van der Waals surface area contributed by atoms with Crippen LogP contribution in [0.4, 0.5) is 0 Å². The predicted octanol–water partition coefficient (Wildman–Crippen LogP) is 3.63. The number of aromatic nitrogens is 2. The van der Waals surface area contributed by atoms with Crippen LogP contribution in [-0.2, 0) is 19.4 Å². The number of hydrogen-bond acceptors (Lipinski definition) is 5. The van der Waals surface area contributed by atoms with Crippen molar-refractivity contribution in [1.29, 1.82) is 5.26 Å². The van der Waals surface area contributed by atoms with Gasteiger partial charge in [-0.2, -0.15) is 5.26 Å². The van der Waals surface area contributed by atoms with Gasteiger partial charge in [-0.15, -0.1) is 11.3 Å². The number of hydrogen-bond donors (Lipinski definition) is 0. The third-order valence-corrected chi connectivity index (χ3v) is 5.12. The van der Waals surface area contributed by atoms with Crippen molar-refractivity contribution in [3.63, 3.8) is 0 Å². The minimum Gasteiger partial charge on any atom is -0.472 e. The summed E-state index contributed by atoms with van der Waals surface area (Å²) in [4.78, 5) is 11.2. The van der Waals surface area contributed by atoms with Gasteiger partial charge in [0.2, 0.25) is 5.88 Å². The lowest BCUT2D eigenvalue weighted by Crippen LogP contribution is -1.99. The monoisotopic (exact) mass is 307 g/mol. The number of nitriles is 1. The minimum atomic E-state index is 0.447. The first-order valence-corrected chi connectivity index (χ1v) is 8.04. The first kappa shape index (κ1) is 13.2. The molecule has 0 amide bonds. The highest BCUT2D eigenvalue weighted by molar-refractivity contribution is 7.18. The second-order valence-corrected chi connectivity index (χ2v) is 6.40. The summed E-state index contributed by atoms with van der Waals surface area (Å²) >= 11 is 1.76. The molecule has 108 valence electrons. The van der Waals surface area contributed by atoms with Gasteiger partial charge >= 0.3 is 0 Å². The fraction of sp³-hybridized carbons (Fsp3) is 0.235. The Bertz CT molecular complexity index is 877. The van der Waals surface area contributed by atoms with Crippen molar-refractivity contribution in [3.05, 3.63) is 52.2 Å². The van der Waals surface area contributed by atoms with E-state index in [1.54, 1.807) is 29.8 Å². The largest absolute Gasteiger partial charge is 0.472 e. The Morgan fingerprint density at radius 1 is 1.18 bits per heavy atom. The number of ether oxygens (including phenoxy) is 1. The molecule has 0 fully saturated rings. The summed E-state index contributed by atoms with van der Waals surface area (Å²) in [6, 6.07) is 9.54. The second kappa shape index (κ2) is 5.39. The van der Waals surface area contributed by atoms with E-state index in [0.29, 0.717) is 18.1 Å². The summed E-state index contributed by atoms with van der Waals surface area (Å²) in [5.41, 5.74) is 3.05. The van der Waals surface area contributed by atoms with Crippen LogP contribution >= 0.6 is 11.3 Å². The summed E-state index contributed by atoms with van der Waals surface area (Å²) in [6.07, 6.45) is 5.02. The third-order valence-electron chi connectivity index (χ3n) is 3.93. The Hall–Kier alpha value is -2.45. The molecule has 22 heavy (non-hydrogen) atoms. The van der Waals surface area contributed by atoms with Gasteiger partial charge in [-0.25, -0.2) is 9.97 Å². The molecule has 1 aromatic carbocycles. The lowest BCUT2D eigenvalue weighted by molar-refractivity contribution is 0.297. The van der Waals surface area contributed by atoms with Crippen molar-refractivity contribution in [2.45, 2.75) is 25.9 Å². The zero-order valence-electron chi connectivity index (χ0n) is 11.9. The molecule has 4 rings (SSSR count). The number of fused-ring (bicyclic) bond motifs is 3. The molecule has 0 atom stereocenters. The van der Waals surface area contributed by atoms with E-state index in [-0.39, 0.29) is 0 Å². The summed E-state index contributed by atoms with van der Waals surface area (Å²) < 4.78 is 5.94. The maximum atomic E-state index is 8.82. The van der Waals surface area contributed by atoms with Gasteiger partial charge in [-0.05, 0) is 42.5 Å². The quantitative estimate of drug-likeness (QED) is 0.741. The Kier molecular flexibility index (Phi) is 3.24. The average Bonchev–Trinajstić information content (AvgIpc) is 3.14. The average molecular weight is 307 g/mol. The summed E-state index contributed by atoms with van der Waals surface area (Å²) in [6.45, 7) is 0.447. The number of rotatable bonds is 3. The zero-order chi connectivity index (χ0) is 14.9. The van der Waals surface area contributed by atoms with Crippen molar-refractivity contribution >= 4 is 21.6 Å². The molecule has 2 aromatic heterocycles. The van der Waals surface area contributed by atoms with E-state index in [1.165, 1.54) is 16.9 Å². The van der Waals surface area contributed by atoms with Gasteiger partial charge in [0, 0.05) is 4.88 Å². The van der Waals surface area contributed by atoms with Crippen LogP contribution in [0.3, 0.4) is 0 Å². The molecule has 2 heterocycles. The van der Waals surface area contributed by atoms with E-state index < -0.39 is 0 Å². The van der Waals surface area contributed by atoms with Crippen LogP contribution in [0.15, 0.2) is 30.6 Å². The summed E-state index contributed by atoms with van der Waals surface area (Å²) in [5, 5.41) is 9.91. The van der Waals surface area contributed by atoms with Crippen LogP contribution < -0.4 is 4.74 Å². The molecule has 1 aliphatic carbocycles. The molecular weight excluding hydrogens is 294 g/mol. The Labute approximate surface area is 132 Å². The maximum Gasteiger partial charge on any atom is 0.225 e. The molecule has 0 spiro atoms. The van der Waals surface area contributed by atoms with E-state index in [1.807, 2.05) is 12.1 Å². The third kappa shape index (κ3) is 2.22. The van der Waals surface area contributed by atoms with Gasteiger partial charge in [0.25, 0.3) is 0 Å². The van der Waals surface area contributed by atoms with Crippen LogP contribution in [0, 0.1) is 11.3 Å². The molecular formula is C17H13N3OS. The highest BCUT2D eigenvalue weighted by Crippen LogP contribution is 2.39. The topological polar surface area (TPSA) is 58.8 Å². The van der Waals surface area contributed by atoms with Crippen LogP contribution in [0.2, 0.25) is 0 Å². The molecule has 0 aliphatic heterocycles. The van der Waals surface area contributed by atoms with E-state index in [2.05, 4.69) is 16.0 Å². The van der Waals surface area contributed by atoms with Gasteiger partial charge < -0.3 is 4.74 Å². The van der Waals surface area contributed by atoms with Crippen molar-refractivity contribution in [3.8, 4) is 11.9 Å². The molecule has 4 nitrogen and oxygen atoms in total. The smallest absolute Gasteiger partial charge is 0.225 e. The predicted molar refractivity (Wildman–Crippen MR) is 84.9 cm³/mol. The maximum absolute atomic E-state index is 8.82. The van der Waals surface area contributed by atoms with Gasteiger partial charge in [-0.1, -0.05) is 12.1 Å². The number of benzene rings is 1. The molecule has 1 aliphatic rings. The zero-order valence-corrected chi connectivity index (χ0v) is 12.7. The fourth-order valence-corrected chi connectivity index (χ4v) is 4.06. The van der Waals surface area contributed by atoms with E-state index in [0.717, 1.165) is 28.6 Å². The number of nitrogens with zero attached hydrogens (tertiary/aromatic N) is 3. The van der Waals surface area contributed by atoms with Gasteiger partial charge in [0.1, 0.15) is 17.8 Å². The lowest BCUT2D eigenvalue weighted by Gasteiger charge is -2.07. The van der Waals surface area contributed by atoms with Gasteiger partial charge in [0.05, 0.1) is 17.0 Å². The molecule has 0 radical (unpaired) electrons. The molecule has 0 unspecified atom stereocenters. The fourth-order valence-electron chi connectivity index (χ4n) is 2.84. The van der Waals surface area contributed by atoms with Crippen LogP contribution in [0.25, 0.3) is 10.2 Å². The Morgan fingerprint density at radius 3 is 2.86 bits per heavy atom. The number of thiophene rings is 1. The first-order chi connectivity index (χ1) is 10.8. The minimum absolute atomic E-state index is 0.447. The van der Waals surface area contributed by atoms with Gasteiger partial charge in [-0.3, -0.25) is 0 Å². The SMILES string of the molecule is N#Cc1ccc(COc2ncnc3sc4c(c23)CCC4)cc1. The van der Waals surface area contributed by atoms with E-state index in [4.69, 9.17) is 10.00 Å². The molecule has 0 N–H and O–H groups in total. The van der Waals surface area contributed by atoms with E-state index >= 15 is 0 Å². The highest BCUT2D eigenvalue weighted by Gasteiger charge is 2.21. The summed E-state index contributed by atoms with van der Waals surface area (Å²) in [5.74, 6) is 0.675. The number of aryl methyl sites for hydroxylation is 2. The second-order valence-electron chi connectivity index (χ2n) is 5.31. The normalized spacial score (nSPS) is 13.0. The van der Waals surface area contributed by atoms with Gasteiger partial charge in [0.15, 0.2) is 0 Å². The van der Waals surface area contributed by atoms with Crippen molar-refractivity contribution < 1.29 is 4.74 Å².